The highest BCUT2D eigenvalue weighted by Gasteiger charge is 2.16. The van der Waals surface area contributed by atoms with Crippen LogP contribution in [0.4, 0.5) is 0 Å². The summed E-state index contributed by atoms with van der Waals surface area (Å²) in [4.78, 5) is 25.6. The Kier molecular flexibility index (Phi) is 3.35. The number of H-pyrrole nitrogens is 2. The number of thiophene rings is 1. The summed E-state index contributed by atoms with van der Waals surface area (Å²) >= 11 is 3.03. The fourth-order valence-electron chi connectivity index (χ4n) is 1.94. The van der Waals surface area contributed by atoms with E-state index in [1.807, 2.05) is 20.8 Å². The molecule has 0 radical (unpaired) electrons. The molecule has 20 heavy (non-hydrogen) atoms. The number of nitrogens with zero attached hydrogens (tertiary/aromatic N) is 3. The van der Waals surface area contributed by atoms with Gasteiger partial charge in [-0.15, -0.1) is 11.3 Å². The maximum Gasteiger partial charge on any atom is 0.259 e. The third-order valence-electron chi connectivity index (χ3n) is 3.12. The molecule has 8 heteroatoms. The zero-order chi connectivity index (χ0) is 14.3. The standard InChI is InChI=1S/C12H13N5OS2/c1-5-6(2)19-11-8(5)10(18)15-9(16-11)7(3)20-12-13-4-14-17-12/h4,7H,1-3H3,(H,13,14,17)(H,15,16,18)/t7-/m0/s1. The molecule has 6 nitrogen and oxygen atoms in total. The molecule has 3 rings (SSSR count). The van der Waals surface area contributed by atoms with Gasteiger partial charge in [0, 0.05) is 4.88 Å². The predicted molar refractivity (Wildman–Crippen MR) is 80.4 cm³/mol. The molecule has 3 aromatic rings. The lowest BCUT2D eigenvalue weighted by Gasteiger charge is -2.08. The van der Waals surface area contributed by atoms with Crippen LogP contribution in [0.2, 0.25) is 0 Å². The first kappa shape index (κ1) is 13.3. The molecule has 0 bridgehead atoms. The van der Waals surface area contributed by atoms with E-state index in [9.17, 15) is 4.79 Å². The molecule has 1 atom stereocenters. The van der Waals surface area contributed by atoms with E-state index in [4.69, 9.17) is 0 Å². The van der Waals surface area contributed by atoms with Gasteiger partial charge in [0.2, 0.25) is 0 Å². The second-order valence-corrected chi connectivity index (χ2v) is 7.00. The van der Waals surface area contributed by atoms with Crippen LogP contribution < -0.4 is 5.56 Å². The summed E-state index contributed by atoms with van der Waals surface area (Å²) in [5.41, 5.74) is 0.942. The van der Waals surface area contributed by atoms with Crippen LogP contribution in [0.5, 0.6) is 0 Å². The van der Waals surface area contributed by atoms with Crippen molar-refractivity contribution >= 4 is 33.3 Å². The highest BCUT2D eigenvalue weighted by atomic mass is 32.2. The van der Waals surface area contributed by atoms with E-state index in [-0.39, 0.29) is 10.8 Å². The van der Waals surface area contributed by atoms with Gasteiger partial charge in [-0.05, 0) is 26.3 Å². The fourth-order valence-corrected chi connectivity index (χ4v) is 3.75. The first-order valence-corrected chi connectivity index (χ1v) is 7.78. The van der Waals surface area contributed by atoms with Gasteiger partial charge < -0.3 is 4.98 Å². The summed E-state index contributed by atoms with van der Waals surface area (Å²) in [6.07, 6.45) is 1.46. The Balaban J connectivity index is 2.02. The number of hydrogen-bond acceptors (Lipinski definition) is 6. The normalized spacial score (nSPS) is 12.9. The predicted octanol–water partition coefficient (Wildman–Crippen LogP) is 2.57. The maximum atomic E-state index is 12.2. The minimum atomic E-state index is -0.0723. The largest absolute Gasteiger partial charge is 0.309 e. The van der Waals surface area contributed by atoms with Gasteiger partial charge >= 0.3 is 0 Å². The van der Waals surface area contributed by atoms with E-state index in [2.05, 4.69) is 25.1 Å². The van der Waals surface area contributed by atoms with Gasteiger partial charge in [0.25, 0.3) is 5.56 Å². The topological polar surface area (TPSA) is 87.3 Å². The van der Waals surface area contributed by atoms with Gasteiger partial charge in [-0.3, -0.25) is 9.89 Å². The number of thioether (sulfide) groups is 1. The molecule has 0 amide bonds. The average molecular weight is 307 g/mol. The van der Waals surface area contributed by atoms with Crippen molar-refractivity contribution in [2.45, 2.75) is 31.2 Å². The van der Waals surface area contributed by atoms with Crippen molar-refractivity contribution < 1.29 is 0 Å². The van der Waals surface area contributed by atoms with Crippen LogP contribution in [0.1, 0.15) is 28.4 Å². The number of hydrogen-bond donors (Lipinski definition) is 2. The summed E-state index contributed by atoms with van der Waals surface area (Å²) in [5, 5.41) is 7.99. The quantitative estimate of drug-likeness (QED) is 0.726. The van der Waals surface area contributed by atoms with Gasteiger partial charge in [0.15, 0.2) is 5.16 Å². The SMILES string of the molecule is Cc1sc2nc([C@H](C)Sc3ncn[nH]3)[nH]c(=O)c2c1C. The van der Waals surface area contributed by atoms with Crippen molar-refractivity contribution in [2.24, 2.45) is 0 Å². The van der Waals surface area contributed by atoms with Crippen LogP contribution in [0, 0.1) is 13.8 Å². The Labute approximate surface area is 123 Å². The van der Waals surface area contributed by atoms with Gasteiger partial charge in [0.1, 0.15) is 17.0 Å². The number of nitrogens with one attached hydrogen (secondary N) is 2. The van der Waals surface area contributed by atoms with Crippen LogP contribution in [-0.2, 0) is 0 Å². The van der Waals surface area contributed by atoms with Crippen molar-refractivity contribution in [1.82, 2.24) is 25.1 Å². The second-order valence-electron chi connectivity index (χ2n) is 4.47. The molecule has 2 N–H and O–H groups in total. The zero-order valence-electron chi connectivity index (χ0n) is 11.2. The molecule has 0 saturated carbocycles. The molecule has 3 aromatic heterocycles. The Bertz CT molecular complexity index is 805. The third-order valence-corrected chi connectivity index (χ3v) is 5.22. The molecule has 0 aliphatic heterocycles. The van der Waals surface area contributed by atoms with Gasteiger partial charge in [0.05, 0.1) is 10.6 Å². The van der Waals surface area contributed by atoms with Crippen LogP contribution in [0.3, 0.4) is 0 Å². The first-order chi connectivity index (χ1) is 9.56. The average Bonchev–Trinajstić information content (AvgIpc) is 2.99. The van der Waals surface area contributed by atoms with E-state index in [0.29, 0.717) is 16.4 Å². The summed E-state index contributed by atoms with van der Waals surface area (Å²) in [6.45, 7) is 5.94. The first-order valence-electron chi connectivity index (χ1n) is 6.08. The van der Waals surface area contributed by atoms with Gasteiger partial charge in [-0.1, -0.05) is 11.8 Å². The Morgan fingerprint density at radius 1 is 1.40 bits per heavy atom. The van der Waals surface area contributed by atoms with E-state index >= 15 is 0 Å². The number of aromatic amines is 2. The molecular formula is C12H13N5OS2. The Morgan fingerprint density at radius 2 is 2.20 bits per heavy atom. The lowest BCUT2D eigenvalue weighted by Crippen LogP contribution is -2.12. The summed E-state index contributed by atoms with van der Waals surface area (Å²) in [7, 11) is 0. The van der Waals surface area contributed by atoms with Crippen LogP contribution in [-0.4, -0.2) is 25.1 Å². The molecular weight excluding hydrogens is 294 g/mol. The number of fused-ring (bicyclic) bond motifs is 1. The van der Waals surface area contributed by atoms with Crippen molar-refractivity contribution in [1.29, 1.82) is 0 Å². The van der Waals surface area contributed by atoms with Crippen molar-refractivity contribution in [3.8, 4) is 0 Å². The number of rotatable bonds is 3. The summed E-state index contributed by atoms with van der Waals surface area (Å²) < 4.78 is 0. The molecule has 104 valence electrons. The van der Waals surface area contributed by atoms with E-state index in [1.54, 1.807) is 11.3 Å². The Hall–Kier alpha value is -1.67. The second kappa shape index (κ2) is 5.02. The van der Waals surface area contributed by atoms with Crippen molar-refractivity contribution in [2.75, 3.05) is 0 Å². The zero-order valence-corrected chi connectivity index (χ0v) is 12.9. The molecule has 0 aliphatic rings. The lowest BCUT2D eigenvalue weighted by atomic mass is 10.2. The molecule has 0 fully saturated rings. The summed E-state index contributed by atoms with van der Waals surface area (Å²) in [6, 6.07) is 0. The van der Waals surface area contributed by atoms with Crippen molar-refractivity contribution in [3.05, 3.63) is 32.9 Å². The molecule has 0 aromatic carbocycles. The molecule has 0 saturated heterocycles. The van der Waals surface area contributed by atoms with Crippen LogP contribution >= 0.6 is 23.1 Å². The summed E-state index contributed by atoms with van der Waals surface area (Å²) in [5.74, 6) is 0.658. The van der Waals surface area contributed by atoms with Gasteiger partial charge in [-0.25, -0.2) is 9.97 Å². The molecule has 0 spiro atoms. The third kappa shape index (κ3) is 2.25. The van der Waals surface area contributed by atoms with Crippen LogP contribution in [0.25, 0.3) is 10.2 Å². The Morgan fingerprint density at radius 3 is 2.90 bits per heavy atom. The maximum absolute atomic E-state index is 12.2. The minimum absolute atomic E-state index is 0.0113. The lowest BCUT2D eigenvalue weighted by molar-refractivity contribution is 0.906. The number of aromatic nitrogens is 5. The van der Waals surface area contributed by atoms with Gasteiger partial charge in [-0.2, -0.15) is 5.10 Å². The minimum Gasteiger partial charge on any atom is -0.309 e. The monoisotopic (exact) mass is 307 g/mol. The van der Waals surface area contributed by atoms with Crippen LogP contribution in [0.15, 0.2) is 16.3 Å². The molecule has 3 heterocycles. The van der Waals surface area contributed by atoms with E-state index in [1.165, 1.54) is 18.1 Å². The van der Waals surface area contributed by atoms with Crippen molar-refractivity contribution in [3.63, 3.8) is 0 Å². The fraction of sp³-hybridized carbons (Fsp3) is 0.333. The highest BCUT2D eigenvalue weighted by molar-refractivity contribution is 7.99. The molecule has 0 unspecified atom stereocenters. The number of aryl methyl sites for hydroxylation is 2. The highest BCUT2D eigenvalue weighted by Crippen LogP contribution is 2.32. The van der Waals surface area contributed by atoms with E-state index < -0.39 is 0 Å². The smallest absolute Gasteiger partial charge is 0.259 e. The molecule has 0 aliphatic carbocycles. The van der Waals surface area contributed by atoms with E-state index in [0.717, 1.165) is 15.3 Å².